The van der Waals surface area contributed by atoms with Crippen LogP contribution in [0.5, 0.6) is 0 Å². The van der Waals surface area contributed by atoms with E-state index in [2.05, 4.69) is 4.98 Å². The maximum Gasteiger partial charge on any atom is 0.385 e. The molecule has 0 fully saturated rings. The van der Waals surface area contributed by atoms with Gasteiger partial charge in [0.1, 0.15) is 11.6 Å². The van der Waals surface area contributed by atoms with E-state index in [1.165, 1.54) is 18.2 Å². The first-order chi connectivity index (χ1) is 7.17. The number of carboxylic acids is 1. The summed E-state index contributed by atoms with van der Waals surface area (Å²) < 4.78 is 0. The normalized spacial score (nSPS) is 10.1. The highest BCUT2D eigenvalue weighted by molar-refractivity contribution is 5.96. The standard InChI is InChI=1S/C10H5N3O2/c11-6-8(10(14)15)5-7-1-3-9(13-12)4-2-7/h1-5H/p+1/b8-5+. The zero-order valence-corrected chi connectivity index (χ0v) is 7.58. The molecule has 0 spiro atoms. The molecule has 1 aromatic carbocycles. The van der Waals surface area contributed by atoms with Gasteiger partial charge >= 0.3 is 11.7 Å². The molecule has 0 bridgehead atoms. The Kier molecular flexibility index (Phi) is 3.15. The summed E-state index contributed by atoms with van der Waals surface area (Å²) in [7, 11) is 0. The fourth-order valence-corrected chi connectivity index (χ4v) is 0.946. The molecule has 0 aliphatic rings. The van der Waals surface area contributed by atoms with Crippen LogP contribution in [0.25, 0.3) is 11.1 Å². The second-order valence-electron chi connectivity index (χ2n) is 2.67. The lowest BCUT2D eigenvalue weighted by molar-refractivity contribution is -0.132. The van der Waals surface area contributed by atoms with E-state index < -0.39 is 5.97 Å². The van der Waals surface area contributed by atoms with Crippen LogP contribution in [-0.2, 0) is 4.79 Å². The van der Waals surface area contributed by atoms with Gasteiger partial charge in [-0.15, -0.1) is 0 Å². The molecule has 0 atom stereocenters. The van der Waals surface area contributed by atoms with Crippen LogP contribution in [0.3, 0.4) is 0 Å². The Morgan fingerprint density at radius 1 is 1.40 bits per heavy atom. The zero-order chi connectivity index (χ0) is 11.3. The fraction of sp³-hybridized carbons (Fsp3) is 0. The van der Waals surface area contributed by atoms with Crippen molar-refractivity contribution in [2.45, 2.75) is 0 Å². The summed E-state index contributed by atoms with van der Waals surface area (Å²) in [5.74, 6) is -1.27. The summed E-state index contributed by atoms with van der Waals surface area (Å²) in [6, 6.07) is 7.67. The molecule has 5 nitrogen and oxygen atoms in total. The molecular formula is C10H6N3O2+. The Balaban J connectivity index is 3.05. The van der Waals surface area contributed by atoms with Gasteiger partial charge in [0.25, 0.3) is 0 Å². The van der Waals surface area contributed by atoms with Gasteiger partial charge in [-0.05, 0) is 23.8 Å². The molecule has 0 radical (unpaired) electrons. The average molecular weight is 200 g/mol. The first-order valence-electron chi connectivity index (χ1n) is 3.97. The summed E-state index contributed by atoms with van der Waals surface area (Å²) in [6.45, 7) is 0. The van der Waals surface area contributed by atoms with E-state index in [0.29, 0.717) is 11.3 Å². The minimum Gasteiger partial charge on any atom is -0.477 e. The quantitative estimate of drug-likeness (QED) is 0.450. The SMILES string of the molecule is N#C/C(=C\c1ccc([N+]#N)cc1)C(=O)O. The van der Waals surface area contributed by atoms with Gasteiger partial charge in [0.15, 0.2) is 4.98 Å². The topological polar surface area (TPSA) is 89.2 Å². The third-order valence-corrected chi connectivity index (χ3v) is 1.67. The van der Waals surface area contributed by atoms with Gasteiger partial charge in [-0.25, -0.2) is 4.79 Å². The fourth-order valence-electron chi connectivity index (χ4n) is 0.946. The number of benzene rings is 1. The van der Waals surface area contributed by atoms with Crippen molar-refractivity contribution in [3.05, 3.63) is 40.4 Å². The summed E-state index contributed by atoms with van der Waals surface area (Å²) >= 11 is 0. The molecule has 72 valence electrons. The smallest absolute Gasteiger partial charge is 0.385 e. The zero-order valence-electron chi connectivity index (χ0n) is 7.58. The number of nitriles is 1. The molecule has 1 rings (SSSR count). The van der Waals surface area contributed by atoms with Gasteiger partial charge in [-0.2, -0.15) is 5.26 Å². The van der Waals surface area contributed by atoms with Crippen LogP contribution in [0.15, 0.2) is 29.8 Å². The molecule has 0 saturated heterocycles. The number of nitrogens with zero attached hydrogens (tertiary/aromatic N) is 3. The van der Waals surface area contributed by atoms with Gasteiger partial charge in [0.05, 0.1) is 0 Å². The van der Waals surface area contributed by atoms with Crippen LogP contribution < -0.4 is 0 Å². The largest absolute Gasteiger partial charge is 0.477 e. The van der Waals surface area contributed by atoms with E-state index in [9.17, 15) is 4.79 Å². The van der Waals surface area contributed by atoms with E-state index in [-0.39, 0.29) is 5.57 Å². The number of rotatable bonds is 2. The third-order valence-electron chi connectivity index (χ3n) is 1.67. The van der Waals surface area contributed by atoms with Crippen LogP contribution in [0.4, 0.5) is 5.69 Å². The highest BCUT2D eigenvalue weighted by atomic mass is 16.4. The predicted molar refractivity (Wildman–Crippen MR) is 52.4 cm³/mol. The highest BCUT2D eigenvalue weighted by Gasteiger charge is 2.06. The van der Waals surface area contributed by atoms with Crippen LogP contribution >= 0.6 is 0 Å². The number of hydrogen-bond donors (Lipinski definition) is 1. The van der Waals surface area contributed by atoms with E-state index in [0.717, 1.165) is 0 Å². The Morgan fingerprint density at radius 2 is 2.00 bits per heavy atom. The first kappa shape index (κ1) is 10.4. The molecule has 0 heterocycles. The van der Waals surface area contributed by atoms with Crippen molar-refractivity contribution in [3.63, 3.8) is 0 Å². The van der Waals surface area contributed by atoms with Crippen molar-refractivity contribution < 1.29 is 9.90 Å². The van der Waals surface area contributed by atoms with Crippen molar-refractivity contribution in [2.24, 2.45) is 0 Å². The number of hydrogen-bond acceptors (Lipinski definition) is 3. The predicted octanol–water partition coefficient (Wildman–Crippen LogP) is 2.16. The molecule has 1 N–H and O–H groups in total. The number of carboxylic acid groups (broad SMARTS) is 1. The van der Waals surface area contributed by atoms with Crippen LogP contribution in [0.2, 0.25) is 0 Å². The second kappa shape index (κ2) is 4.54. The lowest BCUT2D eigenvalue weighted by atomic mass is 10.1. The Bertz CT molecular complexity index is 489. The maximum atomic E-state index is 10.5. The van der Waals surface area contributed by atoms with Gasteiger partial charge < -0.3 is 5.11 Å². The van der Waals surface area contributed by atoms with Crippen molar-refractivity contribution in [2.75, 3.05) is 0 Å². The summed E-state index contributed by atoms with van der Waals surface area (Å²) in [4.78, 5) is 13.5. The lowest BCUT2D eigenvalue weighted by Crippen LogP contribution is -1.97. The van der Waals surface area contributed by atoms with E-state index in [4.69, 9.17) is 15.8 Å². The third kappa shape index (κ3) is 2.64. The van der Waals surface area contributed by atoms with Crippen LogP contribution in [0.1, 0.15) is 5.56 Å². The van der Waals surface area contributed by atoms with Gasteiger partial charge in [-0.1, -0.05) is 0 Å². The molecule has 0 unspecified atom stereocenters. The Hall–Kier alpha value is -2.66. The van der Waals surface area contributed by atoms with Gasteiger partial charge in [0, 0.05) is 12.1 Å². The summed E-state index contributed by atoms with van der Waals surface area (Å²) in [5, 5.41) is 25.5. The highest BCUT2D eigenvalue weighted by Crippen LogP contribution is 2.14. The molecule has 0 aliphatic carbocycles. The van der Waals surface area contributed by atoms with Gasteiger partial charge in [0.2, 0.25) is 5.39 Å². The van der Waals surface area contributed by atoms with Gasteiger partial charge in [-0.3, -0.25) is 0 Å². The van der Waals surface area contributed by atoms with E-state index in [1.807, 2.05) is 0 Å². The van der Waals surface area contributed by atoms with Crippen molar-refractivity contribution in [1.82, 2.24) is 0 Å². The minimum atomic E-state index is -1.27. The molecule has 15 heavy (non-hydrogen) atoms. The van der Waals surface area contributed by atoms with E-state index >= 15 is 0 Å². The van der Waals surface area contributed by atoms with Crippen molar-refractivity contribution in [3.8, 4) is 6.07 Å². The minimum absolute atomic E-state index is 0.344. The van der Waals surface area contributed by atoms with E-state index in [1.54, 1.807) is 18.2 Å². The average Bonchev–Trinajstić information content (AvgIpc) is 2.26. The molecule has 0 aliphatic heterocycles. The Labute approximate surface area is 85.5 Å². The molecule has 1 aromatic rings. The summed E-state index contributed by atoms with van der Waals surface area (Å²) in [5.41, 5.74) is 0.575. The lowest BCUT2D eigenvalue weighted by Gasteiger charge is -1.91. The Morgan fingerprint density at radius 3 is 2.40 bits per heavy atom. The molecule has 0 saturated carbocycles. The number of aliphatic carboxylic acids is 1. The molecular weight excluding hydrogens is 194 g/mol. The molecule has 0 aromatic heterocycles. The first-order valence-corrected chi connectivity index (χ1v) is 3.97. The van der Waals surface area contributed by atoms with Crippen LogP contribution in [0, 0.1) is 16.7 Å². The number of carbonyl (C=O) groups is 1. The van der Waals surface area contributed by atoms with Crippen LogP contribution in [-0.4, -0.2) is 11.1 Å². The second-order valence-corrected chi connectivity index (χ2v) is 2.67. The monoisotopic (exact) mass is 200 g/mol. The number of diazo groups is 1. The molecule has 0 amide bonds. The van der Waals surface area contributed by atoms with Crippen molar-refractivity contribution in [1.29, 1.82) is 10.7 Å². The molecule has 5 heteroatoms. The van der Waals surface area contributed by atoms with Crippen molar-refractivity contribution >= 4 is 17.7 Å². The maximum absolute atomic E-state index is 10.5. The summed E-state index contributed by atoms with van der Waals surface area (Å²) in [6.07, 6.45) is 1.24.